The van der Waals surface area contributed by atoms with E-state index in [1.54, 1.807) is 10.7 Å². The van der Waals surface area contributed by atoms with Crippen LogP contribution in [0, 0.1) is 12.8 Å². The number of rotatable bonds is 4. The monoisotopic (exact) mass is 317 g/mol. The van der Waals surface area contributed by atoms with Crippen LogP contribution in [0.5, 0.6) is 0 Å². The largest absolute Gasteiger partial charge is 0.338 e. The van der Waals surface area contributed by atoms with Crippen LogP contribution in [-0.2, 0) is 18.5 Å². The summed E-state index contributed by atoms with van der Waals surface area (Å²) in [4.78, 5) is 18.4. The number of likely N-dealkylation sites (tertiary alicyclic amines) is 1. The molecule has 0 atom stereocenters. The van der Waals surface area contributed by atoms with Crippen molar-refractivity contribution in [1.82, 2.24) is 24.8 Å². The molecule has 124 valence electrons. The Morgan fingerprint density at radius 2 is 2.04 bits per heavy atom. The van der Waals surface area contributed by atoms with Gasteiger partial charge in [-0.15, -0.1) is 0 Å². The highest BCUT2D eigenvalue weighted by Gasteiger charge is 2.29. The molecule has 0 aliphatic carbocycles. The fourth-order valence-corrected chi connectivity index (χ4v) is 2.74. The Labute approximate surface area is 135 Å². The Kier molecular flexibility index (Phi) is 4.06. The Morgan fingerprint density at radius 3 is 2.65 bits per heavy atom. The van der Waals surface area contributed by atoms with Crippen LogP contribution in [0.2, 0.25) is 0 Å². The second-order valence-electron chi connectivity index (χ2n) is 7.28. The van der Waals surface area contributed by atoms with E-state index < -0.39 is 0 Å². The van der Waals surface area contributed by atoms with E-state index >= 15 is 0 Å². The summed E-state index contributed by atoms with van der Waals surface area (Å²) in [5.41, 5.74) is 0.843. The molecule has 23 heavy (non-hydrogen) atoms. The molecule has 2 aromatic rings. The van der Waals surface area contributed by atoms with E-state index in [9.17, 15) is 4.79 Å². The van der Waals surface area contributed by atoms with Crippen LogP contribution in [0.4, 0.5) is 0 Å². The predicted molar refractivity (Wildman–Crippen MR) is 85.0 cm³/mol. The molecule has 0 N–H and O–H groups in total. The van der Waals surface area contributed by atoms with Gasteiger partial charge in [-0.2, -0.15) is 10.1 Å². The zero-order valence-electron chi connectivity index (χ0n) is 14.1. The Hall–Kier alpha value is -2.02. The van der Waals surface area contributed by atoms with Gasteiger partial charge in [0.1, 0.15) is 0 Å². The summed E-state index contributed by atoms with van der Waals surface area (Å²) < 4.78 is 6.72. The minimum absolute atomic E-state index is 0.0380. The van der Waals surface area contributed by atoms with Gasteiger partial charge < -0.3 is 4.52 Å². The van der Waals surface area contributed by atoms with E-state index in [-0.39, 0.29) is 11.0 Å². The molecule has 3 rings (SSSR count). The maximum atomic E-state index is 12.0. The van der Waals surface area contributed by atoms with E-state index in [2.05, 4.69) is 40.9 Å². The topological polar surface area (TPSA) is 77.0 Å². The van der Waals surface area contributed by atoms with Gasteiger partial charge in [0.15, 0.2) is 5.82 Å². The molecule has 1 saturated heterocycles. The molecule has 7 heteroatoms. The number of aromatic nitrogens is 4. The summed E-state index contributed by atoms with van der Waals surface area (Å²) in [6, 6.07) is 3.44. The predicted octanol–water partition coefficient (Wildman–Crippen LogP) is 1.36. The average Bonchev–Trinajstić information content (AvgIpc) is 2.82. The third-order valence-corrected chi connectivity index (χ3v) is 4.03. The number of nitrogens with zero attached hydrogens (tertiary/aromatic N) is 5. The molecule has 0 saturated carbocycles. The normalized spacial score (nSPS) is 16.5. The van der Waals surface area contributed by atoms with E-state index in [0.29, 0.717) is 30.7 Å². The van der Waals surface area contributed by atoms with Crippen molar-refractivity contribution < 1.29 is 4.52 Å². The van der Waals surface area contributed by atoms with Gasteiger partial charge in [-0.05, 0) is 13.0 Å². The smallest absolute Gasteiger partial charge is 0.266 e. The quantitative estimate of drug-likeness (QED) is 0.847. The minimum Gasteiger partial charge on any atom is -0.338 e. The molecule has 0 amide bonds. The molecule has 2 aromatic heterocycles. The van der Waals surface area contributed by atoms with Crippen molar-refractivity contribution in [2.24, 2.45) is 5.92 Å². The maximum Gasteiger partial charge on any atom is 0.266 e. The molecule has 1 aliphatic heterocycles. The third-order valence-electron chi connectivity index (χ3n) is 4.03. The fourth-order valence-electron chi connectivity index (χ4n) is 2.74. The molecule has 0 unspecified atom stereocenters. The van der Waals surface area contributed by atoms with Crippen LogP contribution >= 0.6 is 0 Å². The van der Waals surface area contributed by atoms with Gasteiger partial charge in [0.2, 0.25) is 5.89 Å². The summed E-state index contributed by atoms with van der Waals surface area (Å²) in [5.74, 6) is 1.73. The van der Waals surface area contributed by atoms with Crippen molar-refractivity contribution in [1.29, 1.82) is 0 Å². The molecule has 1 fully saturated rings. The first-order valence-electron chi connectivity index (χ1n) is 7.91. The van der Waals surface area contributed by atoms with Gasteiger partial charge in [-0.3, -0.25) is 9.69 Å². The molecule has 1 aliphatic rings. The minimum atomic E-state index is -0.0586. The molecule has 0 aromatic carbocycles. The highest BCUT2D eigenvalue weighted by atomic mass is 16.5. The summed E-state index contributed by atoms with van der Waals surface area (Å²) in [6.07, 6.45) is 0. The summed E-state index contributed by atoms with van der Waals surface area (Å²) in [5, 5.41) is 8.31. The summed E-state index contributed by atoms with van der Waals surface area (Å²) >= 11 is 0. The van der Waals surface area contributed by atoms with Crippen LogP contribution in [0.3, 0.4) is 0 Å². The van der Waals surface area contributed by atoms with Crippen molar-refractivity contribution in [3.63, 3.8) is 0 Å². The average molecular weight is 317 g/mol. The fraction of sp³-hybridized carbons (Fsp3) is 0.625. The van der Waals surface area contributed by atoms with Crippen molar-refractivity contribution >= 4 is 0 Å². The van der Waals surface area contributed by atoms with Crippen LogP contribution in [0.25, 0.3) is 0 Å². The van der Waals surface area contributed by atoms with Crippen LogP contribution in [0.15, 0.2) is 21.5 Å². The van der Waals surface area contributed by atoms with E-state index in [4.69, 9.17) is 4.52 Å². The summed E-state index contributed by atoms with van der Waals surface area (Å²) in [7, 11) is 0. The molecular weight excluding hydrogens is 294 g/mol. The van der Waals surface area contributed by atoms with Gasteiger partial charge in [0.25, 0.3) is 5.56 Å². The highest BCUT2D eigenvalue weighted by molar-refractivity contribution is 5.10. The zero-order valence-corrected chi connectivity index (χ0v) is 14.1. The lowest BCUT2D eigenvalue weighted by Gasteiger charge is -2.38. The first-order chi connectivity index (χ1) is 10.8. The Bertz CT molecular complexity index is 737. The van der Waals surface area contributed by atoms with Crippen molar-refractivity contribution in [3.8, 4) is 0 Å². The van der Waals surface area contributed by atoms with Gasteiger partial charge in [-0.1, -0.05) is 25.9 Å². The van der Waals surface area contributed by atoms with Crippen LogP contribution in [0.1, 0.15) is 38.2 Å². The lowest BCUT2D eigenvalue weighted by atomic mass is 9.92. The molecular formula is C16H23N5O2. The van der Waals surface area contributed by atoms with Gasteiger partial charge in [0.05, 0.1) is 18.8 Å². The van der Waals surface area contributed by atoms with Crippen molar-refractivity contribution in [2.75, 3.05) is 13.1 Å². The SMILES string of the molecule is Cc1noc(CN2CC(Cn3nc(C(C)(C)C)ccc3=O)C2)n1. The Balaban J connectivity index is 1.58. The number of hydrogen-bond donors (Lipinski definition) is 0. The second-order valence-corrected chi connectivity index (χ2v) is 7.28. The lowest BCUT2D eigenvalue weighted by molar-refractivity contribution is 0.0656. The van der Waals surface area contributed by atoms with E-state index in [1.165, 1.54) is 0 Å². The van der Waals surface area contributed by atoms with E-state index in [1.807, 2.05) is 13.0 Å². The summed E-state index contributed by atoms with van der Waals surface area (Å²) in [6.45, 7) is 11.3. The standard InChI is InChI=1S/C16H23N5O2/c1-11-17-14(23-19-11)10-20-7-12(8-20)9-21-15(22)6-5-13(18-21)16(2,3)4/h5-6,12H,7-10H2,1-4H3. The van der Waals surface area contributed by atoms with Gasteiger partial charge in [-0.25, -0.2) is 4.68 Å². The van der Waals surface area contributed by atoms with E-state index in [0.717, 1.165) is 18.8 Å². The molecule has 0 spiro atoms. The van der Waals surface area contributed by atoms with Crippen LogP contribution < -0.4 is 5.56 Å². The maximum absolute atomic E-state index is 12.0. The zero-order chi connectivity index (χ0) is 16.6. The van der Waals surface area contributed by atoms with Crippen molar-refractivity contribution in [3.05, 3.63) is 39.9 Å². The molecule has 3 heterocycles. The molecule has 0 bridgehead atoms. The first-order valence-corrected chi connectivity index (χ1v) is 7.91. The van der Waals surface area contributed by atoms with Crippen LogP contribution in [-0.4, -0.2) is 37.9 Å². The molecule has 0 radical (unpaired) electrons. The van der Waals surface area contributed by atoms with Crippen molar-refractivity contribution in [2.45, 2.75) is 46.2 Å². The number of hydrogen-bond acceptors (Lipinski definition) is 6. The van der Waals surface area contributed by atoms with Gasteiger partial charge in [0, 0.05) is 30.5 Å². The number of aryl methyl sites for hydroxylation is 1. The first kappa shape index (κ1) is 15.9. The third kappa shape index (κ3) is 3.67. The highest BCUT2D eigenvalue weighted by Crippen LogP contribution is 2.21. The second kappa shape index (κ2) is 5.88. The Morgan fingerprint density at radius 1 is 1.30 bits per heavy atom. The molecule has 7 nitrogen and oxygen atoms in total. The lowest BCUT2D eigenvalue weighted by Crippen LogP contribution is -2.49. The van der Waals surface area contributed by atoms with Gasteiger partial charge >= 0.3 is 0 Å².